The molecule has 1 aromatic carbocycles. The van der Waals surface area contributed by atoms with E-state index in [9.17, 15) is 0 Å². The molecule has 0 fully saturated rings. The summed E-state index contributed by atoms with van der Waals surface area (Å²) in [6.07, 6.45) is 1.78. The van der Waals surface area contributed by atoms with Gasteiger partial charge in [-0.15, -0.1) is 0 Å². The lowest BCUT2D eigenvalue weighted by Gasteiger charge is -2.10. The first-order valence-corrected chi connectivity index (χ1v) is 6.48. The van der Waals surface area contributed by atoms with Crippen molar-refractivity contribution in [3.8, 4) is 0 Å². The first kappa shape index (κ1) is 13.8. The van der Waals surface area contributed by atoms with Crippen LogP contribution in [-0.4, -0.2) is 4.98 Å². The van der Waals surface area contributed by atoms with Gasteiger partial charge in [0.25, 0.3) is 0 Å². The summed E-state index contributed by atoms with van der Waals surface area (Å²) >= 11 is 5.92. The second kappa shape index (κ2) is 6.04. The molecule has 0 radical (unpaired) electrons. The fraction of sp³-hybridized carbons (Fsp3) is 0.267. The van der Waals surface area contributed by atoms with Crippen molar-refractivity contribution in [1.29, 1.82) is 0 Å². The number of benzene rings is 1. The predicted molar refractivity (Wildman–Crippen MR) is 78.1 cm³/mol. The standard InChI is InChI=1S/C15H17ClN2O/c1-10-7-18-14(11(2)15(10)17)9-19-8-12-4-3-5-13(16)6-12/h3-7H,8-9H2,1-2H3,(H2,17,18). The monoisotopic (exact) mass is 276 g/mol. The summed E-state index contributed by atoms with van der Waals surface area (Å²) in [6.45, 7) is 4.87. The molecule has 4 heteroatoms. The van der Waals surface area contributed by atoms with Crippen LogP contribution >= 0.6 is 11.6 Å². The van der Waals surface area contributed by atoms with Gasteiger partial charge in [0.1, 0.15) is 0 Å². The molecule has 1 aromatic heterocycles. The molecular weight excluding hydrogens is 260 g/mol. The number of rotatable bonds is 4. The molecule has 0 bridgehead atoms. The zero-order chi connectivity index (χ0) is 13.8. The number of aromatic nitrogens is 1. The summed E-state index contributed by atoms with van der Waals surface area (Å²) in [6, 6.07) is 7.63. The molecule has 100 valence electrons. The van der Waals surface area contributed by atoms with Gasteiger partial charge in [0.05, 0.1) is 18.9 Å². The highest BCUT2D eigenvalue weighted by Gasteiger charge is 2.06. The van der Waals surface area contributed by atoms with Gasteiger partial charge >= 0.3 is 0 Å². The van der Waals surface area contributed by atoms with Crippen LogP contribution in [0.3, 0.4) is 0 Å². The maximum Gasteiger partial charge on any atom is 0.0895 e. The normalized spacial score (nSPS) is 10.7. The first-order valence-electron chi connectivity index (χ1n) is 6.10. The van der Waals surface area contributed by atoms with E-state index in [1.54, 1.807) is 6.20 Å². The Morgan fingerprint density at radius 3 is 2.79 bits per heavy atom. The van der Waals surface area contributed by atoms with Crippen LogP contribution in [-0.2, 0) is 18.0 Å². The molecule has 2 rings (SSSR count). The lowest BCUT2D eigenvalue weighted by molar-refractivity contribution is 0.104. The highest BCUT2D eigenvalue weighted by Crippen LogP contribution is 2.19. The summed E-state index contributed by atoms with van der Waals surface area (Å²) in [5, 5.41) is 0.718. The minimum atomic E-state index is 0.447. The predicted octanol–water partition coefficient (Wildman–Crippen LogP) is 3.65. The van der Waals surface area contributed by atoms with Gasteiger partial charge in [-0.25, -0.2) is 0 Å². The Balaban J connectivity index is 1.98. The van der Waals surface area contributed by atoms with Crippen molar-refractivity contribution < 1.29 is 4.74 Å². The highest BCUT2D eigenvalue weighted by molar-refractivity contribution is 6.30. The maximum absolute atomic E-state index is 5.97. The fourth-order valence-corrected chi connectivity index (χ4v) is 2.04. The number of ether oxygens (including phenoxy) is 1. The van der Waals surface area contributed by atoms with Gasteiger partial charge in [0.15, 0.2) is 0 Å². The summed E-state index contributed by atoms with van der Waals surface area (Å²) in [7, 11) is 0. The average molecular weight is 277 g/mol. The van der Waals surface area contributed by atoms with Gasteiger partial charge < -0.3 is 10.5 Å². The number of nitrogens with two attached hydrogens (primary N) is 1. The minimum absolute atomic E-state index is 0.447. The Hall–Kier alpha value is -1.58. The number of nitrogen functional groups attached to an aromatic ring is 1. The Labute approximate surface area is 118 Å². The van der Waals surface area contributed by atoms with Crippen molar-refractivity contribution in [1.82, 2.24) is 4.98 Å². The van der Waals surface area contributed by atoms with Crippen LogP contribution in [0.1, 0.15) is 22.4 Å². The molecule has 19 heavy (non-hydrogen) atoms. The van der Waals surface area contributed by atoms with Crippen molar-refractivity contribution >= 4 is 17.3 Å². The van der Waals surface area contributed by atoms with Crippen molar-refractivity contribution in [2.75, 3.05) is 5.73 Å². The van der Waals surface area contributed by atoms with Gasteiger partial charge in [-0.05, 0) is 42.7 Å². The number of nitrogens with zero attached hydrogens (tertiary/aromatic N) is 1. The summed E-state index contributed by atoms with van der Waals surface area (Å²) < 4.78 is 5.66. The van der Waals surface area contributed by atoms with Crippen LogP contribution in [0.4, 0.5) is 5.69 Å². The molecule has 0 atom stereocenters. The summed E-state index contributed by atoms with van der Waals surface area (Å²) in [5.74, 6) is 0. The molecule has 0 unspecified atom stereocenters. The third-order valence-electron chi connectivity index (χ3n) is 3.07. The summed E-state index contributed by atoms with van der Waals surface area (Å²) in [5.41, 5.74) is 10.7. The zero-order valence-electron chi connectivity index (χ0n) is 11.1. The number of hydrogen-bond donors (Lipinski definition) is 1. The van der Waals surface area contributed by atoms with Crippen molar-refractivity contribution in [3.63, 3.8) is 0 Å². The Morgan fingerprint density at radius 1 is 1.26 bits per heavy atom. The van der Waals surface area contributed by atoms with E-state index in [-0.39, 0.29) is 0 Å². The molecule has 2 aromatic rings. The molecule has 0 aliphatic rings. The minimum Gasteiger partial charge on any atom is -0.398 e. The molecule has 0 aliphatic heterocycles. The molecule has 0 spiro atoms. The van der Waals surface area contributed by atoms with Crippen LogP contribution in [0, 0.1) is 13.8 Å². The Kier molecular flexibility index (Phi) is 4.40. The van der Waals surface area contributed by atoms with E-state index in [4.69, 9.17) is 22.1 Å². The van der Waals surface area contributed by atoms with Gasteiger partial charge in [-0.2, -0.15) is 0 Å². The van der Waals surface area contributed by atoms with E-state index < -0.39 is 0 Å². The maximum atomic E-state index is 5.97. The molecule has 0 aliphatic carbocycles. The van der Waals surface area contributed by atoms with E-state index >= 15 is 0 Å². The second-order valence-electron chi connectivity index (χ2n) is 4.55. The van der Waals surface area contributed by atoms with E-state index in [2.05, 4.69) is 4.98 Å². The first-order chi connectivity index (χ1) is 9.08. The van der Waals surface area contributed by atoms with Crippen molar-refractivity contribution in [3.05, 3.63) is 57.9 Å². The van der Waals surface area contributed by atoms with Crippen LogP contribution in [0.25, 0.3) is 0 Å². The molecular formula is C15H17ClN2O. The third-order valence-corrected chi connectivity index (χ3v) is 3.31. The van der Waals surface area contributed by atoms with E-state index in [0.717, 1.165) is 33.1 Å². The number of pyridine rings is 1. The zero-order valence-corrected chi connectivity index (χ0v) is 11.9. The molecule has 1 heterocycles. The number of halogens is 1. The average Bonchev–Trinajstić information content (AvgIpc) is 2.39. The van der Waals surface area contributed by atoms with Crippen molar-refractivity contribution in [2.24, 2.45) is 0 Å². The van der Waals surface area contributed by atoms with Crippen LogP contribution < -0.4 is 5.73 Å². The van der Waals surface area contributed by atoms with E-state index in [1.165, 1.54) is 0 Å². The number of aryl methyl sites for hydroxylation is 1. The SMILES string of the molecule is Cc1cnc(COCc2cccc(Cl)c2)c(C)c1N. The Morgan fingerprint density at radius 2 is 2.05 bits per heavy atom. The van der Waals surface area contributed by atoms with Crippen LogP contribution in [0.2, 0.25) is 5.02 Å². The van der Waals surface area contributed by atoms with Gasteiger partial charge in [-0.3, -0.25) is 4.98 Å². The molecule has 3 nitrogen and oxygen atoms in total. The van der Waals surface area contributed by atoms with Gasteiger partial charge in [0, 0.05) is 16.9 Å². The van der Waals surface area contributed by atoms with Crippen LogP contribution in [0.5, 0.6) is 0 Å². The quantitative estimate of drug-likeness (QED) is 0.927. The topological polar surface area (TPSA) is 48.1 Å². The molecule has 0 saturated carbocycles. The van der Waals surface area contributed by atoms with E-state index in [1.807, 2.05) is 38.1 Å². The Bertz CT molecular complexity index is 584. The molecule has 0 amide bonds. The lowest BCUT2D eigenvalue weighted by Crippen LogP contribution is -2.04. The fourth-order valence-electron chi connectivity index (χ4n) is 1.83. The smallest absolute Gasteiger partial charge is 0.0895 e. The van der Waals surface area contributed by atoms with Gasteiger partial charge in [0.2, 0.25) is 0 Å². The third kappa shape index (κ3) is 3.46. The second-order valence-corrected chi connectivity index (χ2v) is 4.99. The molecule has 0 saturated heterocycles. The van der Waals surface area contributed by atoms with Crippen LogP contribution in [0.15, 0.2) is 30.5 Å². The summed E-state index contributed by atoms with van der Waals surface area (Å²) in [4.78, 5) is 4.36. The van der Waals surface area contributed by atoms with Gasteiger partial charge in [-0.1, -0.05) is 23.7 Å². The lowest BCUT2D eigenvalue weighted by atomic mass is 10.1. The van der Waals surface area contributed by atoms with Crippen molar-refractivity contribution in [2.45, 2.75) is 27.1 Å². The number of hydrogen-bond acceptors (Lipinski definition) is 3. The molecule has 2 N–H and O–H groups in total. The van der Waals surface area contributed by atoms with E-state index in [0.29, 0.717) is 13.2 Å². The largest absolute Gasteiger partial charge is 0.398 e. The number of anilines is 1. The highest BCUT2D eigenvalue weighted by atomic mass is 35.5.